The third kappa shape index (κ3) is 4.04. The number of anilines is 1. The van der Waals surface area contributed by atoms with Crippen LogP contribution in [0.5, 0.6) is 5.75 Å². The molecule has 0 aliphatic carbocycles. The number of fused-ring (bicyclic) bond motifs is 3. The molecule has 36 heavy (non-hydrogen) atoms. The van der Waals surface area contributed by atoms with Gasteiger partial charge in [0.2, 0.25) is 5.91 Å². The Morgan fingerprint density at radius 2 is 2.03 bits per heavy atom. The quantitative estimate of drug-likeness (QED) is 0.442. The molecule has 2 aliphatic heterocycles. The molecule has 2 aliphatic rings. The minimum Gasteiger partial charge on any atom is -0.491 e. The van der Waals surface area contributed by atoms with Gasteiger partial charge in [-0.1, -0.05) is 0 Å². The molecule has 4 aromatic rings. The molecule has 6 rings (SSSR count). The van der Waals surface area contributed by atoms with E-state index in [-0.39, 0.29) is 11.6 Å². The maximum absolute atomic E-state index is 14.4. The Labute approximate surface area is 204 Å². The predicted octanol–water partition coefficient (Wildman–Crippen LogP) is 2.90. The number of pyridine rings is 1. The van der Waals surface area contributed by atoms with Crippen LogP contribution in [0, 0.1) is 11.6 Å². The third-order valence-electron chi connectivity index (χ3n) is 6.25. The van der Waals surface area contributed by atoms with Gasteiger partial charge in [0.1, 0.15) is 47.5 Å². The molecule has 5 heterocycles. The highest BCUT2D eigenvalue weighted by molar-refractivity contribution is 5.78. The van der Waals surface area contributed by atoms with Gasteiger partial charge < -0.3 is 19.5 Å². The molecule has 1 aromatic carbocycles. The second-order valence-corrected chi connectivity index (χ2v) is 8.56. The van der Waals surface area contributed by atoms with Crippen molar-refractivity contribution in [3.63, 3.8) is 0 Å². The van der Waals surface area contributed by atoms with Crippen molar-refractivity contribution in [2.24, 2.45) is 0 Å². The van der Waals surface area contributed by atoms with Gasteiger partial charge in [-0.3, -0.25) is 4.79 Å². The molecule has 1 amide bonds. The van der Waals surface area contributed by atoms with Crippen LogP contribution in [0.25, 0.3) is 28.6 Å². The third-order valence-corrected chi connectivity index (χ3v) is 6.25. The lowest BCUT2D eigenvalue weighted by Crippen LogP contribution is -2.30. The summed E-state index contributed by atoms with van der Waals surface area (Å²) in [5.74, 6) is 1.00. The zero-order valence-electron chi connectivity index (χ0n) is 19.2. The van der Waals surface area contributed by atoms with Crippen LogP contribution >= 0.6 is 0 Å². The first kappa shape index (κ1) is 22.1. The van der Waals surface area contributed by atoms with Gasteiger partial charge in [-0.2, -0.15) is 5.10 Å². The Balaban J connectivity index is 1.27. The Hall–Kier alpha value is -4.35. The van der Waals surface area contributed by atoms with Crippen LogP contribution in [0.2, 0.25) is 0 Å². The van der Waals surface area contributed by atoms with E-state index in [0.717, 1.165) is 19.0 Å². The molecule has 0 bridgehead atoms. The van der Waals surface area contributed by atoms with Crippen LogP contribution in [0.15, 0.2) is 43.0 Å². The molecule has 0 unspecified atom stereocenters. The van der Waals surface area contributed by atoms with E-state index < -0.39 is 11.6 Å². The Kier molecular flexibility index (Phi) is 5.55. The average molecular weight is 492 g/mol. The van der Waals surface area contributed by atoms with E-state index in [2.05, 4.69) is 20.4 Å². The Morgan fingerprint density at radius 3 is 2.86 bits per heavy atom. The van der Waals surface area contributed by atoms with Crippen molar-refractivity contribution in [2.45, 2.75) is 19.4 Å². The van der Waals surface area contributed by atoms with Gasteiger partial charge in [0, 0.05) is 50.6 Å². The summed E-state index contributed by atoms with van der Waals surface area (Å²) < 4.78 is 37.0. The van der Waals surface area contributed by atoms with Gasteiger partial charge in [-0.15, -0.1) is 0 Å². The number of ether oxygens (including phenoxy) is 1. The largest absolute Gasteiger partial charge is 0.491 e. The highest BCUT2D eigenvalue weighted by Crippen LogP contribution is 2.34. The van der Waals surface area contributed by atoms with Gasteiger partial charge in [0.15, 0.2) is 11.6 Å². The summed E-state index contributed by atoms with van der Waals surface area (Å²) in [4.78, 5) is 27.2. The second kappa shape index (κ2) is 9.02. The first-order valence-electron chi connectivity index (χ1n) is 11.6. The lowest BCUT2D eigenvalue weighted by molar-refractivity contribution is -0.127. The monoisotopic (exact) mass is 492 g/mol. The number of aromatic nitrogens is 6. The standard InChI is InChI=1S/C24H22F2N8O2/c25-15-3-4-19(17(26)10-15)34-24(29-14-30-34)18-13-33-8-9-36-20-11-21(28-12-16(20)23(33)31-18)27-5-7-32-6-1-2-22(32)35/h3-4,10-14H,1-2,5-9H2,(H,27,28). The number of hydrogen-bond acceptors (Lipinski definition) is 7. The molecule has 1 fully saturated rings. The van der Waals surface area contributed by atoms with Crippen LogP contribution < -0.4 is 10.1 Å². The van der Waals surface area contributed by atoms with E-state index >= 15 is 0 Å². The first-order chi connectivity index (χ1) is 17.6. The number of imidazole rings is 1. The molecule has 3 aromatic heterocycles. The van der Waals surface area contributed by atoms with Crippen LogP contribution in [0.1, 0.15) is 12.8 Å². The second-order valence-electron chi connectivity index (χ2n) is 8.56. The summed E-state index contributed by atoms with van der Waals surface area (Å²) in [7, 11) is 0. The Bertz CT molecular complexity index is 1450. The lowest BCUT2D eigenvalue weighted by atomic mass is 10.2. The minimum absolute atomic E-state index is 0.0730. The molecule has 10 nitrogen and oxygen atoms in total. The average Bonchev–Trinajstić information content (AvgIpc) is 3.58. The fraction of sp³-hybridized carbons (Fsp3) is 0.292. The minimum atomic E-state index is -0.750. The van der Waals surface area contributed by atoms with E-state index in [1.54, 1.807) is 12.4 Å². The number of carbonyl (C=O) groups excluding carboxylic acids is 1. The summed E-state index contributed by atoms with van der Waals surface area (Å²) in [5.41, 5.74) is 1.26. The molecular weight excluding hydrogens is 470 g/mol. The van der Waals surface area contributed by atoms with Gasteiger partial charge >= 0.3 is 0 Å². The molecule has 0 radical (unpaired) electrons. The Morgan fingerprint density at radius 1 is 1.11 bits per heavy atom. The number of amides is 1. The van der Waals surface area contributed by atoms with Crippen LogP contribution in [-0.2, 0) is 11.3 Å². The van der Waals surface area contributed by atoms with E-state index in [4.69, 9.17) is 9.72 Å². The fourth-order valence-electron chi connectivity index (χ4n) is 4.49. The van der Waals surface area contributed by atoms with Crippen LogP contribution in [0.3, 0.4) is 0 Å². The number of hydrogen-bond donors (Lipinski definition) is 1. The van der Waals surface area contributed by atoms with E-state index in [0.29, 0.717) is 67.1 Å². The fourth-order valence-corrected chi connectivity index (χ4v) is 4.49. The summed E-state index contributed by atoms with van der Waals surface area (Å²) in [6.45, 7) is 2.97. The maximum Gasteiger partial charge on any atom is 0.222 e. The number of carbonyl (C=O) groups is 1. The highest BCUT2D eigenvalue weighted by atomic mass is 19.1. The van der Waals surface area contributed by atoms with Crippen molar-refractivity contribution in [3.05, 3.63) is 54.6 Å². The van der Waals surface area contributed by atoms with Crippen molar-refractivity contribution in [3.8, 4) is 34.3 Å². The normalized spacial score (nSPS) is 14.8. The highest BCUT2D eigenvalue weighted by Gasteiger charge is 2.23. The van der Waals surface area contributed by atoms with Crippen molar-refractivity contribution >= 4 is 11.7 Å². The number of benzene rings is 1. The number of halogens is 2. The predicted molar refractivity (Wildman–Crippen MR) is 126 cm³/mol. The summed E-state index contributed by atoms with van der Waals surface area (Å²) in [5, 5.41) is 7.37. The van der Waals surface area contributed by atoms with E-state index in [1.807, 2.05) is 15.5 Å². The molecular formula is C24H22F2N8O2. The maximum atomic E-state index is 14.4. The molecule has 1 N–H and O–H groups in total. The molecule has 12 heteroatoms. The molecule has 0 atom stereocenters. The van der Waals surface area contributed by atoms with E-state index in [1.165, 1.54) is 23.1 Å². The summed E-state index contributed by atoms with van der Waals surface area (Å²) >= 11 is 0. The van der Waals surface area contributed by atoms with E-state index in [9.17, 15) is 13.6 Å². The first-order valence-corrected chi connectivity index (χ1v) is 11.6. The number of likely N-dealkylation sites (tertiary alicyclic amines) is 1. The zero-order valence-corrected chi connectivity index (χ0v) is 19.2. The van der Waals surface area contributed by atoms with Gasteiger partial charge in [0.05, 0.1) is 12.1 Å². The molecule has 0 spiro atoms. The molecule has 0 saturated carbocycles. The lowest BCUT2D eigenvalue weighted by Gasteiger charge is -2.16. The topological polar surface area (TPSA) is 103 Å². The smallest absolute Gasteiger partial charge is 0.222 e. The van der Waals surface area contributed by atoms with Crippen molar-refractivity contribution < 1.29 is 18.3 Å². The van der Waals surface area contributed by atoms with Crippen LogP contribution in [-0.4, -0.2) is 66.3 Å². The molecule has 184 valence electrons. The van der Waals surface area contributed by atoms with Gasteiger partial charge in [0.25, 0.3) is 0 Å². The van der Waals surface area contributed by atoms with Crippen molar-refractivity contribution in [2.75, 3.05) is 31.6 Å². The number of nitrogens with one attached hydrogen (secondary N) is 1. The number of rotatable bonds is 6. The summed E-state index contributed by atoms with van der Waals surface area (Å²) in [6.07, 6.45) is 6.32. The molecule has 1 saturated heterocycles. The van der Waals surface area contributed by atoms with Gasteiger partial charge in [-0.05, 0) is 18.6 Å². The SMILES string of the molecule is O=C1CCCN1CCNc1cc2c(cn1)-c1nc(-c3ncnn3-c3ccc(F)cc3F)cn1CCO2. The zero-order chi connectivity index (χ0) is 24.6. The van der Waals surface area contributed by atoms with Gasteiger partial charge in [-0.25, -0.2) is 28.4 Å². The van der Waals surface area contributed by atoms with Crippen molar-refractivity contribution in [1.82, 2.24) is 34.2 Å². The number of nitrogens with zero attached hydrogens (tertiary/aromatic N) is 7. The van der Waals surface area contributed by atoms with Crippen molar-refractivity contribution in [1.29, 1.82) is 0 Å². The summed E-state index contributed by atoms with van der Waals surface area (Å²) in [6, 6.07) is 5.10. The van der Waals surface area contributed by atoms with Crippen LogP contribution in [0.4, 0.5) is 14.6 Å².